The van der Waals surface area contributed by atoms with Gasteiger partial charge in [-0.15, -0.1) is 11.3 Å². The molecule has 2 saturated carbocycles. The summed E-state index contributed by atoms with van der Waals surface area (Å²) in [6.07, 6.45) is 5.91. The number of benzene rings is 1. The Bertz CT molecular complexity index is 2100. The number of pyridine rings is 1. The maximum Gasteiger partial charge on any atom is 0.333 e. The smallest absolute Gasteiger partial charge is 0.333 e. The van der Waals surface area contributed by atoms with E-state index in [9.17, 15) is 26.7 Å². The summed E-state index contributed by atoms with van der Waals surface area (Å²) in [5, 5.41) is 17.9. The van der Waals surface area contributed by atoms with Crippen molar-refractivity contribution in [1.82, 2.24) is 29.4 Å². The fraction of sp³-hybridized carbons (Fsp3) is 0.412. The van der Waals surface area contributed by atoms with Crippen molar-refractivity contribution < 1.29 is 26.7 Å². The van der Waals surface area contributed by atoms with E-state index in [0.29, 0.717) is 44.5 Å². The lowest BCUT2D eigenvalue weighted by Gasteiger charge is -2.42. The first kappa shape index (κ1) is 33.5. The molecule has 2 aliphatic heterocycles. The Morgan fingerprint density at radius 3 is 2.64 bits per heavy atom. The molecule has 7 atom stereocenters. The number of amidine groups is 1. The fourth-order valence-corrected chi connectivity index (χ4v) is 11.2. The van der Waals surface area contributed by atoms with Crippen LogP contribution in [0, 0.1) is 23.6 Å². The first-order valence-electron chi connectivity index (χ1n) is 16.4. The molecule has 2 aliphatic carbocycles. The van der Waals surface area contributed by atoms with Gasteiger partial charge in [-0.25, -0.2) is 27.2 Å². The topological polar surface area (TPSA) is 126 Å². The summed E-state index contributed by atoms with van der Waals surface area (Å²) in [6, 6.07) is 9.34. The summed E-state index contributed by atoms with van der Waals surface area (Å²) in [4.78, 5) is 15.8. The van der Waals surface area contributed by atoms with Crippen LogP contribution in [0.1, 0.15) is 67.2 Å². The van der Waals surface area contributed by atoms with Gasteiger partial charge in [0.05, 0.1) is 16.6 Å². The van der Waals surface area contributed by atoms with Crippen molar-refractivity contribution in [3.05, 3.63) is 105 Å². The molecule has 2 N–H and O–H groups in total. The number of hydrogen-bond donors (Lipinski definition) is 2. The minimum absolute atomic E-state index is 0.0964. The molecule has 5 heterocycles. The van der Waals surface area contributed by atoms with Crippen molar-refractivity contribution in [2.24, 2.45) is 22.7 Å². The number of thiazole rings is 1. The van der Waals surface area contributed by atoms with Gasteiger partial charge in [0.1, 0.15) is 17.5 Å². The van der Waals surface area contributed by atoms with Crippen molar-refractivity contribution in [2.75, 3.05) is 6.54 Å². The van der Waals surface area contributed by atoms with Gasteiger partial charge in [-0.05, 0) is 67.3 Å². The van der Waals surface area contributed by atoms with E-state index >= 15 is 0 Å². The summed E-state index contributed by atoms with van der Waals surface area (Å²) in [7, 11) is -3.89. The van der Waals surface area contributed by atoms with Crippen molar-refractivity contribution in [1.29, 1.82) is 0 Å². The van der Waals surface area contributed by atoms with Crippen LogP contribution in [0.3, 0.4) is 0 Å². The maximum atomic E-state index is 14.2. The normalized spacial score (nSPS) is 29.5. The average molecular weight is 744 g/mol. The van der Waals surface area contributed by atoms with Crippen LogP contribution in [0.4, 0.5) is 13.2 Å². The summed E-state index contributed by atoms with van der Waals surface area (Å²) >= 11 is 7.91. The van der Waals surface area contributed by atoms with Gasteiger partial charge in [0.25, 0.3) is 0 Å². The molecule has 16 heteroatoms. The van der Waals surface area contributed by atoms with Gasteiger partial charge in [0.15, 0.2) is 10.8 Å². The molecule has 3 fully saturated rings. The third-order valence-corrected chi connectivity index (χ3v) is 13.7. The highest BCUT2D eigenvalue weighted by molar-refractivity contribution is 7.90. The summed E-state index contributed by atoms with van der Waals surface area (Å²) in [5.41, 5.74) is 1.13. The highest BCUT2D eigenvalue weighted by atomic mass is 35.5. The average Bonchev–Trinajstić information content (AvgIpc) is 3.88. The van der Waals surface area contributed by atoms with E-state index in [1.54, 1.807) is 23.8 Å². The number of alkyl halides is 2. The van der Waals surface area contributed by atoms with E-state index < -0.39 is 45.3 Å². The molecule has 50 heavy (non-hydrogen) atoms. The number of hydrogen-bond acceptors (Lipinski definition) is 9. The van der Waals surface area contributed by atoms with E-state index in [1.165, 1.54) is 41.8 Å². The van der Waals surface area contributed by atoms with Crippen molar-refractivity contribution in [3.8, 4) is 0 Å². The minimum atomic E-state index is -3.89. The molecule has 2 unspecified atom stereocenters. The Hall–Kier alpha value is -3.63. The number of aliphatic hydroxyl groups is 1. The van der Waals surface area contributed by atoms with E-state index in [2.05, 4.69) is 26.7 Å². The highest BCUT2D eigenvalue weighted by Crippen LogP contribution is 2.58. The van der Waals surface area contributed by atoms with Crippen LogP contribution < -0.4 is 4.72 Å². The van der Waals surface area contributed by atoms with Gasteiger partial charge in [-0.1, -0.05) is 30.7 Å². The predicted octanol–water partition coefficient (Wildman–Crippen LogP) is 6.15. The summed E-state index contributed by atoms with van der Waals surface area (Å²) in [6.45, 7) is -0.630. The van der Waals surface area contributed by atoms with Crippen LogP contribution in [-0.4, -0.2) is 61.8 Å². The number of aromatic nitrogens is 4. The van der Waals surface area contributed by atoms with Crippen molar-refractivity contribution >= 4 is 44.4 Å². The number of nitrogens with zero attached hydrogens (tertiary/aromatic N) is 6. The minimum Gasteiger partial charge on any atom is -0.383 e. The molecule has 4 aromatic rings. The molecule has 0 amide bonds. The first-order valence-corrected chi connectivity index (χ1v) is 19.2. The summed E-state index contributed by atoms with van der Waals surface area (Å²) < 4.78 is 73.5. The van der Waals surface area contributed by atoms with Gasteiger partial charge in [0.2, 0.25) is 10.0 Å². The number of sulfonamides is 1. The van der Waals surface area contributed by atoms with Gasteiger partial charge >= 0.3 is 6.55 Å². The SMILES string of the molecule is C[C@H]1CC2C[C@@H](S(=O)(=O)N[C@H]3CC4=C(c5ccn(C(F)F)n5)[C@H](c5ccc(F)cc5Cl)N=C(c5nccs5)N4C3)C[C@H]1C2(O)c1ccccn1. The van der Waals surface area contributed by atoms with Crippen LogP contribution in [0.25, 0.3) is 5.57 Å². The Labute approximate surface area is 295 Å². The van der Waals surface area contributed by atoms with Crippen molar-refractivity contribution in [3.63, 3.8) is 0 Å². The molecule has 1 saturated heterocycles. The Morgan fingerprint density at radius 2 is 1.96 bits per heavy atom. The zero-order valence-electron chi connectivity index (χ0n) is 26.7. The lowest BCUT2D eigenvalue weighted by molar-refractivity contribution is -0.0734. The molecule has 262 valence electrons. The molecule has 10 nitrogen and oxygen atoms in total. The Balaban J connectivity index is 1.15. The largest absolute Gasteiger partial charge is 0.383 e. The molecule has 1 aromatic carbocycles. The van der Waals surface area contributed by atoms with Gasteiger partial charge in [-0.3, -0.25) is 9.98 Å². The lowest BCUT2D eigenvalue weighted by Crippen LogP contribution is -2.51. The Morgan fingerprint density at radius 1 is 1.12 bits per heavy atom. The number of aliphatic imine (C=N–C) groups is 1. The molecule has 0 radical (unpaired) electrons. The van der Waals surface area contributed by atoms with Crippen LogP contribution in [0.5, 0.6) is 0 Å². The first-order chi connectivity index (χ1) is 23.9. The zero-order valence-corrected chi connectivity index (χ0v) is 29.1. The van der Waals surface area contributed by atoms with Crippen LogP contribution in [0.15, 0.2) is 77.1 Å². The second-order valence-electron chi connectivity index (χ2n) is 13.5. The number of nitrogens with one attached hydrogen (secondary N) is 1. The third-order valence-electron chi connectivity index (χ3n) is 10.7. The highest BCUT2D eigenvalue weighted by Gasteiger charge is 2.60. The van der Waals surface area contributed by atoms with E-state index in [0.717, 1.165) is 0 Å². The molecular weight excluding hydrogens is 711 g/mol. The lowest BCUT2D eigenvalue weighted by atomic mass is 9.71. The number of rotatable bonds is 8. The van der Waals surface area contributed by atoms with Crippen molar-refractivity contribution in [2.45, 2.75) is 62.1 Å². The molecule has 4 aliphatic rings. The molecule has 8 rings (SSSR count). The second-order valence-corrected chi connectivity index (χ2v) is 16.8. The third kappa shape index (κ3) is 5.57. The van der Waals surface area contributed by atoms with Gasteiger partial charge in [0, 0.05) is 64.8 Å². The quantitative estimate of drug-likeness (QED) is 0.222. The Kier molecular flexibility index (Phi) is 8.41. The standard InChI is InChI=1S/C34H33ClF3N7O3S2/c1-18-12-19-13-22(16-24(18)34(19,46)28-4-2-3-8-39-28)50(47,48)43-21-15-27-29(26-7-10-45(42-26)33(37)38)30(23-6-5-20(36)14-25(23)35)41-31(44(27)17-21)32-40-9-11-49-32/h2-11,14,18-19,21-22,24,30,33,43,46H,12-13,15-17H2,1H3/t18-,19?,21-,22+,24+,30-,34?/m0/s1. The monoisotopic (exact) mass is 743 g/mol. The van der Waals surface area contributed by atoms with Gasteiger partial charge in [-0.2, -0.15) is 13.9 Å². The zero-order chi connectivity index (χ0) is 34.9. The van der Waals surface area contributed by atoms with Crippen LogP contribution in [0.2, 0.25) is 5.02 Å². The van der Waals surface area contributed by atoms with E-state index in [-0.39, 0.29) is 54.3 Å². The van der Waals surface area contributed by atoms with Crippen LogP contribution >= 0.6 is 22.9 Å². The van der Waals surface area contributed by atoms with Gasteiger partial charge < -0.3 is 10.0 Å². The molecule has 0 spiro atoms. The predicted molar refractivity (Wildman–Crippen MR) is 182 cm³/mol. The fourth-order valence-electron chi connectivity index (χ4n) is 8.53. The molecular formula is C34H33ClF3N7O3S2. The molecule has 3 aromatic heterocycles. The molecule has 2 bridgehead atoms. The maximum absolute atomic E-state index is 14.2. The number of fused-ring (bicyclic) bond motifs is 3. The van der Waals surface area contributed by atoms with E-state index in [4.69, 9.17) is 16.6 Å². The van der Waals surface area contributed by atoms with E-state index in [1.807, 2.05) is 17.0 Å². The number of halogens is 4. The second kappa shape index (κ2) is 12.5. The summed E-state index contributed by atoms with van der Waals surface area (Å²) in [5.74, 6) is -0.524. The van der Waals surface area contributed by atoms with Crippen LogP contribution in [-0.2, 0) is 15.6 Å².